The maximum atomic E-state index is 13.1. The molecule has 2 N–H and O–H groups in total. The van der Waals surface area contributed by atoms with E-state index in [2.05, 4.69) is 0 Å². The highest BCUT2D eigenvalue weighted by Crippen LogP contribution is 2.44. The maximum Gasteiger partial charge on any atom is 0.198 e. The van der Waals surface area contributed by atoms with Crippen molar-refractivity contribution in [2.24, 2.45) is 0 Å². The van der Waals surface area contributed by atoms with Gasteiger partial charge in [-0.1, -0.05) is 51.1 Å². The Morgan fingerprint density at radius 1 is 0.731 bits per heavy atom. The molecule has 4 heteroatoms. The van der Waals surface area contributed by atoms with Gasteiger partial charge >= 0.3 is 0 Å². The Balaban J connectivity index is 2.07. The average molecular weight is 346 g/mol. The number of hydrogen-bond acceptors (Lipinski definition) is 4. The summed E-state index contributed by atoms with van der Waals surface area (Å²) in [6.45, 7) is 6.07. The minimum atomic E-state index is -0.450. The molecular weight excluding hydrogens is 328 g/mol. The van der Waals surface area contributed by atoms with E-state index in [4.69, 9.17) is 0 Å². The van der Waals surface area contributed by atoms with E-state index in [9.17, 15) is 19.8 Å². The first-order valence-corrected chi connectivity index (χ1v) is 8.42. The molecule has 3 aromatic carbocycles. The fourth-order valence-electron chi connectivity index (χ4n) is 3.51. The van der Waals surface area contributed by atoms with Crippen molar-refractivity contribution in [3.05, 3.63) is 70.3 Å². The molecule has 0 aromatic heterocycles. The van der Waals surface area contributed by atoms with Crippen LogP contribution in [0.4, 0.5) is 0 Å². The summed E-state index contributed by atoms with van der Waals surface area (Å²) in [4.78, 5) is 26.1. The molecule has 0 fully saturated rings. The van der Waals surface area contributed by atoms with Gasteiger partial charge in [-0.25, -0.2) is 0 Å². The summed E-state index contributed by atoms with van der Waals surface area (Å²) in [5, 5.41) is 22.0. The molecule has 0 heterocycles. The molecule has 0 saturated carbocycles. The van der Waals surface area contributed by atoms with E-state index in [0.29, 0.717) is 10.8 Å². The first kappa shape index (κ1) is 16.3. The fraction of sp³-hybridized carbons (Fsp3) is 0.182. The van der Waals surface area contributed by atoms with Crippen LogP contribution < -0.4 is 0 Å². The number of phenols is 2. The molecule has 3 aromatic rings. The van der Waals surface area contributed by atoms with Crippen LogP contribution in [0.2, 0.25) is 0 Å². The minimum Gasteiger partial charge on any atom is -0.506 e. The second-order valence-electron chi connectivity index (χ2n) is 7.66. The number of aromatic hydroxyl groups is 2. The third kappa shape index (κ3) is 2.08. The van der Waals surface area contributed by atoms with E-state index in [1.54, 1.807) is 36.4 Å². The summed E-state index contributed by atoms with van der Waals surface area (Å²) < 4.78 is 0. The molecule has 0 bridgehead atoms. The van der Waals surface area contributed by atoms with Crippen LogP contribution >= 0.6 is 0 Å². The topological polar surface area (TPSA) is 74.6 Å². The molecule has 26 heavy (non-hydrogen) atoms. The third-order valence-corrected chi connectivity index (χ3v) is 4.99. The van der Waals surface area contributed by atoms with Gasteiger partial charge in [0.1, 0.15) is 11.5 Å². The lowest BCUT2D eigenvalue weighted by Gasteiger charge is -2.24. The van der Waals surface area contributed by atoms with Crippen LogP contribution in [0, 0.1) is 0 Å². The summed E-state index contributed by atoms with van der Waals surface area (Å²) >= 11 is 0. The van der Waals surface area contributed by atoms with Crippen molar-refractivity contribution in [3.8, 4) is 11.5 Å². The highest BCUT2D eigenvalue weighted by atomic mass is 16.3. The number of ketones is 2. The number of hydrogen-bond donors (Lipinski definition) is 2. The van der Waals surface area contributed by atoms with Crippen molar-refractivity contribution >= 4 is 22.3 Å². The fourth-order valence-corrected chi connectivity index (χ4v) is 3.51. The lowest BCUT2D eigenvalue weighted by atomic mass is 9.78. The quantitative estimate of drug-likeness (QED) is 0.465. The molecule has 0 unspecified atom stereocenters. The van der Waals surface area contributed by atoms with Crippen molar-refractivity contribution in [1.29, 1.82) is 0 Å². The summed E-state index contributed by atoms with van der Waals surface area (Å²) in [6.07, 6.45) is 0. The highest BCUT2D eigenvalue weighted by Gasteiger charge is 2.36. The van der Waals surface area contributed by atoms with Gasteiger partial charge in [0, 0.05) is 21.9 Å². The van der Waals surface area contributed by atoms with Gasteiger partial charge in [0.2, 0.25) is 0 Å². The average Bonchev–Trinajstić information content (AvgIpc) is 2.61. The molecule has 1 aliphatic rings. The Morgan fingerprint density at radius 3 is 1.73 bits per heavy atom. The SMILES string of the molecule is CC(C)(C)c1ccc2c(c1)C(=O)c1c(c(O)c3ccccc3c1O)C2=O. The summed E-state index contributed by atoms with van der Waals surface area (Å²) in [5.41, 5.74) is 1.00. The van der Waals surface area contributed by atoms with Gasteiger partial charge in [0.15, 0.2) is 11.6 Å². The van der Waals surface area contributed by atoms with E-state index >= 15 is 0 Å². The Labute approximate surface area is 150 Å². The van der Waals surface area contributed by atoms with Crippen LogP contribution in [0.3, 0.4) is 0 Å². The second kappa shape index (κ2) is 5.18. The van der Waals surface area contributed by atoms with Crippen molar-refractivity contribution in [2.75, 3.05) is 0 Å². The Hall–Kier alpha value is -3.14. The molecule has 0 amide bonds. The molecule has 0 spiro atoms. The normalized spacial score (nSPS) is 13.7. The molecule has 4 nitrogen and oxygen atoms in total. The monoisotopic (exact) mass is 346 g/mol. The number of carbonyl (C=O) groups is 2. The second-order valence-corrected chi connectivity index (χ2v) is 7.66. The molecular formula is C22H18O4. The van der Waals surface area contributed by atoms with Crippen LogP contribution in [-0.4, -0.2) is 21.8 Å². The Morgan fingerprint density at radius 2 is 1.23 bits per heavy atom. The molecule has 0 saturated heterocycles. The van der Waals surface area contributed by atoms with Gasteiger partial charge in [0.05, 0.1) is 11.1 Å². The summed E-state index contributed by atoms with van der Waals surface area (Å²) in [6, 6.07) is 11.8. The zero-order valence-electron chi connectivity index (χ0n) is 14.8. The first-order valence-electron chi connectivity index (χ1n) is 8.42. The maximum absolute atomic E-state index is 13.1. The number of rotatable bonds is 0. The number of benzene rings is 3. The zero-order chi connectivity index (χ0) is 18.8. The van der Waals surface area contributed by atoms with Crippen molar-refractivity contribution in [3.63, 3.8) is 0 Å². The van der Waals surface area contributed by atoms with E-state index in [-0.39, 0.29) is 39.2 Å². The first-order chi connectivity index (χ1) is 12.2. The molecule has 0 aliphatic heterocycles. The van der Waals surface area contributed by atoms with Gasteiger partial charge in [-0.3, -0.25) is 9.59 Å². The van der Waals surface area contributed by atoms with Gasteiger partial charge in [-0.05, 0) is 23.1 Å². The van der Waals surface area contributed by atoms with Crippen LogP contribution in [0.25, 0.3) is 10.8 Å². The molecule has 4 rings (SSSR count). The number of fused-ring (bicyclic) bond motifs is 3. The van der Waals surface area contributed by atoms with E-state index in [1.807, 2.05) is 26.8 Å². The summed E-state index contributed by atoms with van der Waals surface area (Å²) in [5.74, 6) is -1.43. The molecule has 0 atom stereocenters. The lowest BCUT2D eigenvalue weighted by Crippen LogP contribution is -2.23. The van der Waals surface area contributed by atoms with Crippen molar-refractivity contribution in [2.45, 2.75) is 26.2 Å². The number of phenolic OH excluding ortho intramolecular Hbond substituents is 2. The van der Waals surface area contributed by atoms with Gasteiger partial charge < -0.3 is 10.2 Å². The van der Waals surface area contributed by atoms with E-state index < -0.39 is 11.6 Å². The summed E-state index contributed by atoms with van der Waals surface area (Å²) in [7, 11) is 0. The van der Waals surface area contributed by atoms with E-state index in [0.717, 1.165) is 5.56 Å². The minimum absolute atomic E-state index is 0.121. The Bertz CT molecular complexity index is 1120. The highest BCUT2D eigenvalue weighted by molar-refractivity contribution is 6.32. The van der Waals surface area contributed by atoms with Crippen LogP contribution in [-0.2, 0) is 5.41 Å². The molecule has 0 radical (unpaired) electrons. The van der Waals surface area contributed by atoms with Crippen LogP contribution in [0.1, 0.15) is 58.2 Å². The smallest absolute Gasteiger partial charge is 0.198 e. The van der Waals surface area contributed by atoms with Crippen LogP contribution in [0.5, 0.6) is 11.5 Å². The van der Waals surface area contributed by atoms with Gasteiger partial charge in [-0.2, -0.15) is 0 Å². The third-order valence-electron chi connectivity index (χ3n) is 4.99. The number of carbonyl (C=O) groups excluding carboxylic acids is 2. The van der Waals surface area contributed by atoms with Crippen molar-refractivity contribution < 1.29 is 19.8 Å². The predicted molar refractivity (Wildman–Crippen MR) is 99.3 cm³/mol. The van der Waals surface area contributed by atoms with E-state index in [1.165, 1.54) is 0 Å². The van der Waals surface area contributed by atoms with Gasteiger partial charge in [0.25, 0.3) is 0 Å². The Kier molecular flexibility index (Phi) is 3.25. The largest absolute Gasteiger partial charge is 0.506 e. The molecule has 130 valence electrons. The zero-order valence-corrected chi connectivity index (χ0v) is 14.8. The lowest BCUT2D eigenvalue weighted by molar-refractivity contribution is 0.0974. The standard InChI is InChI=1S/C22H18O4/c1-22(2,3)11-8-9-14-15(10-11)21(26)17-16(20(14)25)18(23)12-6-4-5-7-13(12)19(17)24/h4-10,23-24H,1-3H3. The van der Waals surface area contributed by atoms with Crippen molar-refractivity contribution in [1.82, 2.24) is 0 Å². The van der Waals surface area contributed by atoms with Gasteiger partial charge in [-0.15, -0.1) is 0 Å². The predicted octanol–water partition coefficient (Wildman–Crippen LogP) is 4.32. The molecule has 1 aliphatic carbocycles. The van der Waals surface area contributed by atoms with Crippen LogP contribution in [0.15, 0.2) is 42.5 Å².